The molecule has 2 N–H and O–H groups in total. The van der Waals surface area contributed by atoms with Crippen molar-refractivity contribution in [2.75, 3.05) is 6.61 Å². The van der Waals surface area contributed by atoms with Gasteiger partial charge in [0, 0.05) is 12.1 Å². The van der Waals surface area contributed by atoms with Crippen LogP contribution in [0.1, 0.15) is 33.1 Å². The molecule has 0 aromatic rings. The van der Waals surface area contributed by atoms with Crippen LogP contribution in [-0.2, 0) is 9.63 Å². The fourth-order valence-corrected chi connectivity index (χ4v) is 2.05. The molecule has 92 valence electrons. The van der Waals surface area contributed by atoms with E-state index in [2.05, 4.69) is 10.3 Å². The highest BCUT2D eigenvalue weighted by molar-refractivity contribution is 5.74. The number of carbonyl (C=O) groups is 2. The van der Waals surface area contributed by atoms with Crippen LogP contribution >= 0.6 is 0 Å². The van der Waals surface area contributed by atoms with E-state index in [0.717, 1.165) is 19.3 Å². The number of rotatable bonds is 4. The van der Waals surface area contributed by atoms with Gasteiger partial charge < -0.3 is 10.0 Å². The van der Waals surface area contributed by atoms with Crippen LogP contribution in [0.25, 0.3) is 0 Å². The van der Waals surface area contributed by atoms with E-state index in [1.165, 1.54) is 0 Å². The Hall–Kier alpha value is -1.30. The molecule has 2 unspecified atom stereocenters. The van der Waals surface area contributed by atoms with E-state index in [1.54, 1.807) is 4.90 Å². The molecular formula is C10H18N2O4. The highest BCUT2D eigenvalue weighted by Crippen LogP contribution is 2.25. The van der Waals surface area contributed by atoms with Crippen LogP contribution in [0.4, 0.5) is 4.79 Å². The Bertz CT molecular complexity index is 270. The summed E-state index contributed by atoms with van der Waals surface area (Å²) < 4.78 is 0. The van der Waals surface area contributed by atoms with Crippen LogP contribution in [0.2, 0.25) is 0 Å². The monoisotopic (exact) mass is 230 g/mol. The van der Waals surface area contributed by atoms with Crippen LogP contribution in [0, 0.1) is 0 Å². The first-order valence-electron chi connectivity index (χ1n) is 5.48. The smallest absolute Gasteiger partial charge is 0.341 e. The molecule has 1 rings (SSSR count). The van der Waals surface area contributed by atoms with Crippen LogP contribution in [0.5, 0.6) is 0 Å². The number of hydrogen-bond donors (Lipinski definition) is 2. The third-order valence-corrected chi connectivity index (χ3v) is 2.85. The molecule has 1 aliphatic heterocycles. The first kappa shape index (κ1) is 12.8. The Kier molecular flexibility index (Phi) is 4.54. The van der Waals surface area contributed by atoms with Crippen LogP contribution < -0.4 is 5.48 Å². The Labute approximate surface area is 94.5 Å². The molecule has 0 spiro atoms. The molecule has 1 heterocycles. The molecule has 0 saturated carbocycles. The SMILES string of the molecule is CCC1CCC(C)N1C(=O)NOCC(=O)O. The van der Waals surface area contributed by atoms with Gasteiger partial charge in [-0.15, -0.1) is 0 Å². The van der Waals surface area contributed by atoms with Gasteiger partial charge in [-0.25, -0.2) is 15.1 Å². The van der Waals surface area contributed by atoms with Crippen LogP contribution in [0.3, 0.4) is 0 Å². The first-order valence-corrected chi connectivity index (χ1v) is 5.48. The van der Waals surface area contributed by atoms with Gasteiger partial charge >= 0.3 is 12.0 Å². The lowest BCUT2D eigenvalue weighted by Gasteiger charge is -2.27. The van der Waals surface area contributed by atoms with Crippen molar-refractivity contribution in [2.24, 2.45) is 0 Å². The number of likely N-dealkylation sites (tertiary alicyclic amines) is 1. The van der Waals surface area contributed by atoms with Gasteiger partial charge in [0.25, 0.3) is 0 Å². The molecule has 2 amide bonds. The van der Waals surface area contributed by atoms with Gasteiger partial charge in [-0.3, -0.25) is 4.84 Å². The Morgan fingerprint density at radius 2 is 2.19 bits per heavy atom. The second kappa shape index (κ2) is 5.69. The van der Waals surface area contributed by atoms with Crippen molar-refractivity contribution in [3.63, 3.8) is 0 Å². The summed E-state index contributed by atoms with van der Waals surface area (Å²) in [4.78, 5) is 28.2. The Morgan fingerprint density at radius 3 is 2.75 bits per heavy atom. The van der Waals surface area contributed by atoms with Gasteiger partial charge in [-0.1, -0.05) is 6.92 Å². The quantitative estimate of drug-likeness (QED) is 0.705. The predicted molar refractivity (Wildman–Crippen MR) is 56.7 cm³/mol. The average molecular weight is 230 g/mol. The number of aliphatic carboxylic acids is 1. The van der Waals surface area contributed by atoms with Crippen molar-refractivity contribution in [1.29, 1.82) is 0 Å². The minimum Gasteiger partial charge on any atom is -0.479 e. The van der Waals surface area contributed by atoms with Crippen molar-refractivity contribution in [1.82, 2.24) is 10.4 Å². The average Bonchev–Trinajstić information content (AvgIpc) is 2.58. The highest BCUT2D eigenvalue weighted by Gasteiger charge is 2.33. The lowest BCUT2D eigenvalue weighted by Crippen LogP contribution is -2.46. The number of carboxylic acid groups (broad SMARTS) is 1. The molecule has 0 aromatic carbocycles. The lowest BCUT2D eigenvalue weighted by atomic mass is 10.2. The number of carbonyl (C=O) groups excluding carboxylic acids is 1. The first-order chi connectivity index (χ1) is 7.56. The molecule has 1 saturated heterocycles. The maximum Gasteiger partial charge on any atom is 0.341 e. The van der Waals surface area contributed by atoms with Crippen molar-refractivity contribution >= 4 is 12.0 Å². The summed E-state index contributed by atoms with van der Waals surface area (Å²) in [6, 6.07) is 0.0555. The van der Waals surface area contributed by atoms with Gasteiger partial charge in [0.1, 0.15) is 0 Å². The molecule has 1 aliphatic rings. The molecule has 0 aliphatic carbocycles. The molecule has 1 fully saturated rings. The standard InChI is InChI=1S/C10H18N2O4/c1-3-8-5-4-7(2)12(8)10(15)11-16-6-9(13)14/h7-8H,3-6H2,1-2H3,(H,11,15)(H,13,14). The zero-order valence-corrected chi connectivity index (χ0v) is 9.60. The topological polar surface area (TPSA) is 78.9 Å². The number of amides is 2. The van der Waals surface area contributed by atoms with Crippen LogP contribution in [-0.4, -0.2) is 40.7 Å². The summed E-state index contributed by atoms with van der Waals surface area (Å²) in [5, 5.41) is 8.35. The van der Waals surface area contributed by atoms with E-state index in [4.69, 9.17) is 5.11 Å². The number of hydrogen-bond acceptors (Lipinski definition) is 3. The highest BCUT2D eigenvalue weighted by atomic mass is 16.7. The third kappa shape index (κ3) is 3.10. The third-order valence-electron chi connectivity index (χ3n) is 2.85. The van der Waals surface area contributed by atoms with Crippen molar-refractivity contribution in [3.8, 4) is 0 Å². The molecular weight excluding hydrogens is 212 g/mol. The number of nitrogens with one attached hydrogen (secondary N) is 1. The van der Waals surface area contributed by atoms with E-state index in [9.17, 15) is 9.59 Å². The maximum atomic E-state index is 11.7. The largest absolute Gasteiger partial charge is 0.479 e. The molecule has 0 bridgehead atoms. The minimum atomic E-state index is -1.11. The lowest BCUT2D eigenvalue weighted by molar-refractivity contribution is -0.144. The second-order valence-corrected chi connectivity index (χ2v) is 3.99. The Morgan fingerprint density at radius 1 is 1.50 bits per heavy atom. The van der Waals surface area contributed by atoms with Gasteiger partial charge in [-0.2, -0.15) is 0 Å². The molecule has 0 radical (unpaired) electrons. The maximum absolute atomic E-state index is 11.7. The molecule has 0 aromatic heterocycles. The summed E-state index contributed by atoms with van der Waals surface area (Å²) in [5.41, 5.74) is 2.16. The molecule has 16 heavy (non-hydrogen) atoms. The zero-order valence-electron chi connectivity index (χ0n) is 9.60. The minimum absolute atomic E-state index is 0.179. The fourth-order valence-electron chi connectivity index (χ4n) is 2.05. The normalized spacial score (nSPS) is 24.5. The summed E-state index contributed by atoms with van der Waals surface area (Å²) in [6.45, 7) is 3.48. The zero-order chi connectivity index (χ0) is 12.1. The van der Waals surface area contributed by atoms with E-state index in [-0.39, 0.29) is 18.1 Å². The summed E-state index contributed by atoms with van der Waals surface area (Å²) in [6.07, 6.45) is 2.87. The summed E-state index contributed by atoms with van der Waals surface area (Å²) in [7, 11) is 0. The number of nitrogens with zero attached hydrogens (tertiary/aromatic N) is 1. The fraction of sp³-hybridized carbons (Fsp3) is 0.800. The molecule has 6 nitrogen and oxygen atoms in total. The van der Waals surface area contributed by atoms with E-state index < -0.39 is 12.6 Å². The molecule has 6 heteroatoms. The van der Waals surface area contributed by atoms with Crippen molar-refractivity contribution in [3.05, 3.63) is 0 Å². The van der Waals surface area contributed by atoms with Crippen molar-refractivity contribution < 1.29 is 19.5 Å². The summed E-state index contributed by atoms with van der Waals surface area (Å²) in [5.74, 6) is -1.11. The summed E-state index contributed by atoms with van der Waals surface area (Å²) >= 11 is 0. The second-order valence-electron chi connectivity index (χ2n) is 3.99. The number of carboxylic acids is 1. The number of urea groups is 1. The Balaban J connectivity index is 2.42. The van der Waals surface area contributed by atoms with Gasteiger partial charge in [0.2, 0.25) is 0 Å². The number of hydroxylamine groups is 1. The van der Waals surface area contributed by atoms with Gasteiger partial charge in [0.15, 0.2) is 6.61 Å². The van der Waals surface area contributed by atoms with E-state index >= 15 is 0 Å². The van der Waals surface area contributed by atoms with E-state index in [0.29, 0.717) is 0 Å². The van der Waals surface area contributed by atoms with Gasteiger partial charge in [-0.05, 0) is 26.2 Å². The van der Waals surface area contributed by atoms with Crippen LogP contribution in [0.15, 0.2) is 0 Å². The van der Waals surface area contributed by atoms with Gasteiger partial charge in [0.05, 0.1) is 0 Å². The predicted octanol–water partition coefficient (Wildman–Crippen LogP) is 0.975. The van der Waals surface area contributed by atoms with E-state index in [1.807, 2.05) is 13.8 Å². The van der Waals surface area contributed by atoms with Crippen molar-refractivity contribution in [2.45, 2.75) is 45.2 Å². The molecule has 2 atom stereocenters.